The molecule has 0 aromatic heterocycles. The Morgan fingerprint density at radius 1 is 1.11 bits per heavy atom. The normalized spacial score (nSPS) is 21.9. The van der Waals surface area contributed by atoms with Gasteiger partial charge in [0.15, 0.2) is 17.4 Å². The molecule has 1 saturated heterocycles. The van der Waals surface area contributed by atoms with Crippen molar-refractivity contribution in [2.24, 2.45) is 10.9 Å². The second-order valence-corrected chi connectivity index (χ2v) is 9.06. The van der Waals surface area contributed by atoms with E-state index in [1.54, 1.807) is 31.2 Å². The number of hydrogen-bond acceptors (Lipinski definition) is 8. The summed E-state index contributed by atoms with van der Waals surface area (Å²) in [7, 11) is 0. The Hall–Kier alpha value is -3.30. The van der Waals surface area contributed by atoms with Gasteiger partial charge in [-0.15, -0.1) is 0 Å². The summed E-state index contributed by atoms with van der Waals surface area (Å²) in [6.07, 6.45) is 0. The Labute approximate surface area is 208 Å². The highest BCUT2D eigenvalue weighted by molar-refractivity contribution is 6.30. The van der Waals surface area contributed by atoms with Crippen LogP contribution >= 0.6 is 11.6 Å². The second-order valence-electron chi connectivity index (χ2n) is 8.62. The van der Waals surface area contributed by atoms with Crippen LogP contribution in [0.2, 0.25) is 5.02 Å². The van der Waals surface area contributed by atoms with Crippen LogP contribution in [0.5, 0.6) is 11.5 Å². The van der Waals surface area contributed by atoms with Crippen molar-refractivity contribution in [3.8, 4) is 11.5 Å². The van der Waals surface area contributed by atoms with E-state index in [0.717, 1.165) is 42.3 Å². The van der Waals surface area contributed by atoms with Gasteiger partial charge in [0, 0.05) is 37.7 Å². The molecular weight excluding hydrogens is 472 g/mol. The highest BCUT2D eigenvalue weighted by Crippen LogP contribution is 2.33. The summed E-state index contributed by atoms with van der Waals surface area (Å²) in [5.74, 6) is 0.00803. The van der Waals surface area contributed by atoms with Crippen LogP contribution in [0, 0.1) is 5.92 Å². The minimum atomic E-state index is -1.05. The molecule has 0 saturated carbocycles. The molecule has 0 radical (unpaired) electrons. The quantitative estimate of drug-likeness (QED) is 0.500. The highest BCUT2D eigenvalue weighted by atomic mass is 35.5. The Morgan fingerprint density at radius 2 is 1.86 bits per heavy atom. The minimum absolute atomic E-state index is 0.192. The molecule has 3 aliphatic rings. The summed E-state index contributed by atoms with van der Waals surface area (Å²) >= 11 is 6.04. The van der Waals surface area contributed by atoms with E-state index < -0.39 is 23.8 Å². The Morgan fingerprint density at radius 3 is 2.60 bits per heavy atom. The van der Waals surface area contributed by atoms with Crippen LogP contribution < -0.4 is 14.8 Å². The summed E-state index contributed by atoms with van der Waals surface area (Å²) < 4.78 is 16.0. The largest absolute Gasteiger partial charge is 0.465 e. The number of nitrogens with zero attached hydrogens (tertiary/aromatic N) is 3. The fourth-order valence-electron chi connectivity index (χ4n) is 4.54. The molecule has 9 nitrogen and oxygen atoms in total. The lowest BCUT2D eigenvalue weighted by molar-refractivity contribution is -0.153. The number of aliphatic imine (C=N–C) groups is 1. The van der Waals surface area contributed by atoms with E-state index in [-0.39, 0.29) is 13.4 Å². The summed E-state index contributed by atoms with van der Waals surface area (Å²) in [6, 6.07) is 12.4. The molecule has 0 bridgehead atoms. The number of rotatable bonds is 5. The van der Waals surface area contributed by atoms with Crippen molar-refractivity contribution in [1.29, 1.82) is 0 Å². The van der Waals surface area contributed by atoms with E-state index in [0.29, 0.717) is 24.1 Å². The summed E-state index contributed by atoms with van der Waals surface area (Å²) in [4.78, 5) is 34.9. The molecule has 2 aromatic carbocycles. The maximum Gasteiger partial charge on any atom is 0.321 e. The monoisotopic (exact) mass is 498 g/mol. The number of nitrogens with one attached hydrogen (secondary N) is 1. The predicted octanol–water partition coefficient (Wildman–Crippen LogP) is 2.59. The number of piperazine rings is 1. The third-order valence-corrected chi connectivity index (χ3v) is 6.61. The van der Waals surface area contributed by atoms with Crippen molar-refractivity contribution in [1.82, 2.24) is 15.1 Å². The number of ether oxygens (including phenoxy) is 3. The average Bonchev–Trinajstić information content (AvgIpc) is 3.32. The number of halogens is 1. The molecule has 0 aliphatic carbocycles. The molecule has 35 heavy (non-hydrogen) atoms. The lowest BCUT2D eigenvalue weighted by Crippen LogP contribution is -2.57. The minimum Gasteiger partial charge on any atom is -0.465 e. The standard InChI is InChI=1S/C25H27ClN4O5/c1-2-33-24(32)21-22(17-4-6-18(26)7-5-17)27-25(28-23(21)31)30-11-9-29(10-12-30)14-16-3-8-19-20(13-16)35-15-34-19/h3-8,13,21-22H,2,9-12,14-15H2,1H3,(H,27,28,31)/t21-,22+/m1/s1. The van der Waals surface area contributed by atoms with Gasteiger partial charge in [0.25, 0.3) is 0 Å². The highest BCUT2D eigenvalue weighted by Gasteiger charge is 2.42. The molecule has 1 fully saturated rings. The van der Waals surface area contributed by atoms with E-state index in [4.69, 9.17) is 30.8 Å². The smallest absolute Gasteiger partial charge is 0.321 e. The number of esters is 1. The van der Waals surface area contributed by atoms with Crippen molar-refractivity contribution in [3.63, 3.8) is 0 Å². The first-order chi connectivity index (χ1) is 17.0. The molecule has 10 heteroatoms. The number of guanidine groups is 1. The summed E-state index contributed by atoms with van der Waals surface area (Å²) in [6.45, 7) is 5.96. The molecule has 2 atom stereocenters. The lowest BCUT2D eigenvalue weighted by Gasteiger charge is -2.39. The molecule has 0 spiro atoms. The van der Waals surface area contributed by atoms with Crippen molar-refractivity contribution in [2.45, 2.75) is 19.5 Å². The average molecular weight is 499 g/mol. The van der Waals surface area contributed by atoms with Crippen LogP contribution in [0.25, 0.3) is 0 Å². The number of benzene rings is 2. The summed E-state index contributed by atoms with van der Waals surface area (Å²) in [5.41, 5.74) is 1.90. The second kappa shape index (κ2) is 10.1. The van der Waals surface area contributed by atoms with Gasteiger partial charge in [-0.3, -0.25) is 19.8 Å². The van der Waals surface area contributed by atoms with Crippen LogP contribution in [0.1, 0.15) is 24.1 Å². The van der Waals surface area contributed by atoms with Crippen LogP contribution in [0.4, 0.5) is 0 Å². The van der Waals surface area contributed by atoms with Gasteiger partial charge in [0.2, 0.25) is 18.7 Å². The van der Waals surface area contributed by atoms with Gasteiger partial charge in [0.1, 0.15) is 6.04 Å². The van der Waals surface area contributed by atoms with Gasteiger partial charge in [-0.25, -0.2) is 4.99 Å². The first kappa shape index (κ1) is 23.4. The van der Waals surface area contributed by atoms with Crippen LogP contribution in [-0.4, -0.2) is 67.2 Å². The number of hydrogen-bond donors (Lipinski definition) is 1. The van der Waals surface area contributed by atoms with Crippen molar-refractivity contribution in [2.75, 3.05) is 39.6 Å². The van der Waals surface area contributed by atoms with E-state index in [9.17, 15) is 9.59 Å². The third-order valence-electron chi connectivity index (χ3n) is 6.36. The zero-order valence-corrected chi connectivity index (χ0v) is 20.2. The molecule has 1 amide bonds. The predicted molar refractivity (Wildman–Crippen MR) is 129 cm³/mol. The number of amides is 1. The molecule has 3 heterocycles. The van der Waals surface area contributed by atoms with Crippen molar-refractivity contribution >= 4 is 29.4 Å². The third kappa shape index (κ3) is 5.06. The fourth-order valence-corrected chi connectivity index (χ4v) is 4.67. The fraction of sp³-hybridized carbons (Fsp3) is 0.400. The van der Waals surface area contributed by atoms with Crippen molar-refractivity contribution in [3.05, 3.63) is 58.6 Å². The van der Waals surface area contributed by atoms with Gasteiger partial charge in [0.05, 0.1) is 6.61 Å². The molecular formula is C25H27ClN4O5. The summed E-state index contributed by atoms with van der Waals surface area (Å²) in [5, 5.41) is 3.41. The molecule has 184 valence electrons. The Balaban J connectivity index is 1.29. The van der Waals surface area contributed by atoms with E-state index in [1.165, 1.54) is 0 Å². The number of carbonyl (C=O) groups excluding carboxylic acids is 2. The Kier molecular flexibility index (Phi) is 6.79. The maximum atomic E-state index is 13.0. The molecule has 1 N–H and O–H groups in total. The van der Waals surface area contributed by atoms with Gasteiger partial charge in [-0.2, -0.15) is 0 Å². The van der Waals surface area contributed by atoms with Gasteiger partial charge in [-0.05, 0) is 42.3 Å². The topological polar surface area (TPSA) is 92.7 Å². The van der Waals surface area contributed by atoms with Crippen LogP contribution in [0.3, 0.4) is 0 Å². The van der Waals surface area contributed by atoms with E-state index in [2.05, 4.69) is 21.2 Å². The van der Waals surface area contributed by atoms with Gasteiger partial charge >= 0.3 is 5.97 Å². The number of carbonyl (C=O) groups is 2. The van der Waals surface area contributed by atoms with E-state index >= 15 is 0 Å². The molecule has 2 aromatic rings. The van der Waals surface area contributed by atoms with Gasteiger partial charge in [-0.1, -0.05) is 29.8 Å². The zero-order chi connectivity index (χ0) is 24.4. The zero-order valence-electron chi connectivity index (χ0n) is 19.4. The van der Waals surface area contributed by atoms with Gasteiger partial charge < -0.3 is 19.1 Å². The maximum absolute atomic E-state index is 13.0. The lowest BCUT2D eigenvalue weighted by atomic mass is 9.91. The van der Waals surface area contributed by atoms with Crippen LogP contribution in [0.15, 0.2) is 47.5 Å². The molecule has 0 unspecified atom stereocenters. The molecule has 3 aliphatic heterocycles. The first-order valence-corrected chi connectivity index (χ1v) is 12.1. The number of fused-ring (bicyclic) bond motifs is 1. The Bertz CT molecular complexity index is 1130. The molecule has 5 rings (SSSR count). The van der Waals surface area contributed by atoms with E-state index in [1.807, 2.05) is 12.1 Å². The SMILES string of the molecule is CCOC(=O)[C@H]1C(=O)NC(N2CCN(Cc3ccc4c(c3)OCO4)CC2)=N[C@H]1c1ccc(Cl)cc1. The van der Waals surface area contributed by atoms with Crippen molar-refractivity contribution < 1.29 is 23.8 Å². The first-order valence-electron chi connectivity index (χ1n) is 11.7. The van der Waals surface area contributed by atoms with Crippen LogP contribution in [-0.2, 0) is 20.9 Å².